The van der Waals surface area contributed by atoms with Crippen molar-refractivity contribution in [1.29, 1.82) is 0 Å². The van der Waals surface area contributed by atoms with Gasteiger partial charge in [0.1, 0.15) is 10.4 Å². The van der Waals surface area contributed by atoms with Crippen LogP contribution in [0.5, 0.6) is 0 Å². The summed E-state index contributed by atoms with van der Waals surface area (Å²) >= 11 is 3.35. The third-order valence-corrected chi connectivity index (χ3v) is 2.66. The molecule has 2 rings (SSSR count). The highest BCUT2D eigenvalue weighted by atomic mass is 79.9. The Labute approximate surface area is 77.1 Å². The van der Waals surface area contributed by atoms with Crippen molar-refractivity contribution in [3.8, 4) is 0 Å². The highest BCUT2D eigenvalue weighted by Gasteiger charge is 2.05. The number of hydrogen-bond acceptors (Lipinski definition) is 1. The van der Waals surface area contributed by atoms with Gasteiger partial charge in [0.15, 0.2) is 0 Å². The first-order valence-corrected chi connectivity index (χ1v) is 4.25. The van der Waals surface area contributed by atoms with Crippen LogP contribution in [0.3, 0.4) is 0 Å². The molecule has 0 bridgehead atoms. The van der Waals surface area contributed by atoms with Crippen LogP contribution in [0.1, 0.15) is 0 Å². The molecular weight excluding hydrogens is 223 g/mol. The minimum atomic E-state index is -0.256. The molecule has 0 amide bonds. The molecule has 0 fully saturated rings. The molecule has 4 heteroatoms. The van der Waals surface area contributed by atoms with E-state index in [1.807, 2.05) is 7.05 Å². The normalized spacial score (nSPS) is 10.9. The van der Waals surface area contributed by atoms with E-state index < -0.39 is 0 Å². The summed E-state index contributed by atoms with van der Waals surface area (Å²) in [6, 6.07) is 4.55. The molecule has 0 saturated carbocycles. The smallest absolute Gasteiger partial charge is 0.125 e. The largest absolute Gasteiger partial charge is 0.260 e. The van der Waals surface area contributed by atoms with Crippen LogP contribution in [0.15, 0.2) is 22.8 Å². The minimum Gasteiger partial charge on any atom is -0.260 e. The summed E-state index contributed by atoms with van der Waals surface area (Å²) in [6.45, 7) is 0. The standard InChI is InChI=1S/C8H6BrFN2/c1-12-8(9)6-3-2-5(10)4-7(6)11-12/h2-4H,1H3. The molecule has 0 N–H and O–H groups in total. The van der Waals surface area contributed by atoms with Crippen molar-refractivity contribution in [1.82, 2.24) is 9.78 Å². The number of fused-ring (bicyclic) bond motifs is 1. The number of halogens is 2. The molecule has 0 aliphatic heterocycles. The predicted octanol–water partition coefficient (Wildman–Crippen LogP) is 2.47. The number of aryl methyl sites for hydroxylation is 1. The maximum Gasteiger partial charge on any atom is 0.125 e. The first-order chi connectivity index (χ1) is 5.68. The lowest BCUT2D eigenvalue weighted by Crippen LogP contribution is -1.88. The molecule has 0 atom stereocenters. The second-order valence-electron chi connectivity index (χ2n) is 2.58. The lowest BCUT2D eigenvalue weighted by atomic mass is 10.2. The molecule has 2 aromatic rings. The van der Waals surface area contributed by atoms with Gasteiger partial charge in [-0.05, 0) is 28.1 Å². The van der Waals surface area contributed by atoms with Crippen molar-refractivity contribution in [3.05, 3.63) is 28.6 Å². The van der Waals surface area contributed by atoms with E-state index in [0.717, 1.165) is 9.99 Å². The fourth-order valence-electron chi connectivity index (χ4n) is 1.14. The van der Waals surface area contributed by atoms with Crippen LogP contribution in [-0.4, -0.2) is 9.78 Å². The Kier molecular flexibility index (Phi) is 1.65. The van der Waals surface area contributed by atoms with Crippen molar-refractivity contribution < 1.29 is 4.39 Å². The van der Waals surface area contributed by atoms with E-state index in [1.54, 1.807) is 10.7 Å². The molecule has 0 spiro atoms. The van der Waals surface area contributed by atoms with Crippen LogP contribution >= 0.6 is 15.9 Å². The van der Waals surface area contributed by atoms with Crippen LogP contribution in [0.25, 0.3) is 10.9 Å². The van der Waals surface area contributed by atoms with E-state index in [4.69, 9.17) is 0 Å². The highest BCUT2D eigenvalue weighted by molar-refractivity contribution is 9.10. The molecule has 0 aliphatic carbocycles. The van der Waals surface area contributed by atoms with Crippen LogP contribution in [0.2, 0.25) is 0 Å². The first kappa shape index (κ1) is 7.73. The van der Waals surface area contributed by atoms with E-state index in [0.29, 0.717) is 5.52 Å². The Morgan fingerprint density at radius 2 is 2.25 bits per heavy atom. The fourth-order valence-corrected chi connectivity index (χ4v) is 1.56. The molecule has 0 unspecified atom stereocenters. The highest BCUT2D eigenvalue weighted by Crippen LogP contribution is 2.22. The predicted molar refractivity (Wildman–Crippen MR) is 48.4 cm³/mol. The van der Waals surface area contributed by atoms with Crippen molar-refractivity contribution in [2.75, 3.05) is 0 Å². The van der Waals surface area contributed by atoms with Crippen LogP contribution in [-0.2, 0) is 7.05 Å². The minimum absolute atomic E-state index is 0.256. The van der Waals surface area contributed by atoms with Gasteiger partial charge in [-0.25, -0.2) is 4.39 Å². The Morgan fingerprint density at radius 1 is 1.50 bits per heavy atom. The van der Waals surface area contributed by atoms with Crippen molar-refractivity contribution >= 4 is 26.8 Å². The summed E-state index contributed by atoms with van der Waals surface area (Å²) in [7, 11) is 1.81. The van der Waals surface area contributed by atoms with Crippen LogP contribution < -0.4 is 0 Å². The zero-order chi connectivity index (χ0) is 8.72. The van der Waals surface area contributed by atoms with E-state index >= 15 is 0 Å². The first-order valence-electron chi connectivity index (χ1n) is 3.46. The van der Waals surface area contributed by atoms with Crippen molar-refractivity contribution in [3.63, 3.8) is 0 Å². The molecule has 2 nitrogen and oxygen atoms in total. The van der Waals surface area contributed by atoms with E-state index in [1.165, 1.54) is 12.1 Å². The van der Waals surface area contributed by atoms with Gasteiger partial charge in [-0.15, -0.1) is 0 Å². The number of benzene rings is 1. The molecule has 0 radical (unpaired) electrons. The second-order valence-corrected chi connectivity index (χ2v) is 3.33. The second kappa shape index (κ2) is 2.55. The van der Waals surface area contributed by atoms with Crippen LogP contribution in [0, 0.1) is 5.82 Å². The molecule has 62 valence electrons. The molecule has 1 aromatic heterocycles. The fraction of sp³-hybridized carbons (Fsp3) is 0.125. The van der Waals surface area contributed by atoms with Gasteiger partial charge in [0.05, 0.1) is 5.52 Å². The summed E-state index contributed by atoms with van der Waals surface area (Å²) in [6.07, 6.45) is 0. The topological polar surface area (TPSA) is 17.8 Å². The molecule has 1 heterocycles. The zero-order valence-corrected chi connectivity index (χ0v) is 7.97. The van der Waals surface area contributed by atoms with Crippen molar-refractivity contribution in [2.45, 2.75) is 0 Å². The summed E-state index contributed by atoms with van der Waals surface area (Å²) < 4.78 is 15.3. The summed E-state index contributed by atoms with van der Waals surface area (Å²) in [5, 5.41) is 5.03. The SMILES string of the molecule is Cn1nc2cc(F)ccc2c1Br. The van der Waals surface area contributed by atoms with Gasteiger partial charge in [-0.3, -0.25) is 4.68 Å². The Balaban J connectivity index is 2.87. The van der Waals surface area contributed by atoms with Crippen LogP contribution in [0.4, 0.5) is 4.39 Å². The van der Waals surface area contributed by atoms with Crippen molar-refractivity contribution in [2.24, 2.45) is 7.05 Å². The zero-order valence-electron chi connectivity index (χ0n) is 6.38. The third kappa shape index (κ3) is 1.03. The monoisotopic (exact) mass is 228 g/mol. The van der Waals surface area contributed by atoms with Gasteiger partial charge >= 0.3 is 0 Å². The van der Waals surface area contributed by atoms with E-state index in [9.17, 15) is 4.39 Å². The van der Waals surface area contributed by atoms with Gasteiger partial charge < -0.3 is 0 Å². The van der Waals surface area contributed by atoms with Gasteiger partial charge in [0, 0.05) is 18.5 Å². The number of nitrogens with zero attached hydrogens (tertiary/aromatic N) is 2. The molecule has 0 aliphatic rings. The molecular formula is C8H6BrFN2. The number of aromatic nitrogens is 2. The maximum atomic E-state index is 12.7. The van der Waals surface area contributed by atoms with Gasteiger partial charge in [-0.1, -0.05) is 0 Å². The van der Waals surface area contributed by atoms with Gasteiger partial charge in [0.2, 0.25) is 0 Å². The molecule has 0 saturated heterocycles. The van der Waals surface area contributed by atoms with Gasteiger partial charge in [-0.2, -0.15) is 5.10 Å². The number of hydrogen-bond donors (Lipinski definition) is 0. The average molecular weight is 229 g/mol. The third-order valence-electron chi connectivity index (χ3n) is 1.72. The molecule has 12 heavy (non-hydrogen) atoms. The number of rotatable bonds is 0. The quantitative estimate of drug-likeness (QED) is 0.678. The van der Waals surface area contributed by atoms with E-state index in [2.05, 4.69) is 21.0 Å². The summed E-state index contributed by atoms with van der Waals surface area (Å²) in [4.78, 5) is 0. The summed E-state index contributed by atoms with van der Waals surface area (Å²) in [5.41, 5.74) is 0.671. The Bertz CT molecular complexity index is 436. The maximum absolute atomic E-state index is 12.7. The Morgan fingerprint density at radius 3 is 3.00 bits per heavy atom. The lowest BCUT2D eigenvalue weighted by Gasteiger charge is -1.88. The molecule has 1 aromatic carbocycles. The lowest BCUT2D eigenvalue weighted by molar-refractivity contribution is 0.629. The summed E-state index contributed by atoms with van der Waals surface area (Å²) in [5.74, 6) is -0.256. The van der Waals surface area contributed by atoms with Gasteiger partial charge in [0.25, 0.3) is 0 Å². The Hall–Kier alpha value is -0.900. The van der Waals surface area contributed by atoms with E-state index in [-0.39, 0.29) is 5.82 Å². The average Bonchev–Trinajstić information content (AvgIpc) is 2.28.